The van der Waals surface area contributed by atoms with Crippen LogP contribution in [0.15, 0.2) is 22.9 Å². The number of rotatable bonds is 4. The van der Waals surface area contributed by atoms with Gasteiger partial charge in [0, 0.05) is 30.8 Å². The van der Waals surface area contributed by atoms with Gasteiger partial charge in [-0.3, -0.25) is 4.79 Å². The number of methoxy groups -OCH3 is 1. The van der Waals surface area contributed by atoms with Gasteiger partial charge in [-0.15, -0.1) is 0 Å². The molecule has 2 aromatic rings. The van der Waals surface area contributed by atoms with E-state index in [1.165, 1.54) is 13.3 Å². The highest BCUT2D eigenvalue weighted by molar-refractivity contribution is 5.79. The van der Waals surface area contributed by atoms with Gasteiger partial charge < -0.3 is 14.2 Å². The van der Waals surface area contributed by atoms with Gasteiger partial charge in [0.25, 0.3) is 0 Å². The zero-order valence-corrected chi connectivity index (χ0v) is 12.6. The highest BCUT2D eigenvalue weighted by Crippen LogP contribution is 2.31. The summed E-state index contributed by atoms with van der Waals surface area (Å²) >= 11 is 0. The van der Waals surface area contributed by atoms with Gasteiger partial charge in [-0.25, -0.2) is 4.98 Å². The molecule has 128 valence electrons. The number of aromatic nitrogens is 3. The van der Waals surface area contributed by atoms with Crippen molar-refractivity contribution in [2.75, 3.05) is 20.2 Å². The van der Waals surface area contributed by atoms with Crippen LogP contribution in [0.5, 0.6) is 5.88 Å². The number of hydrogen-bond acceptors (Lipinski definition) is 6. The van der Waals surface area contributed by atoms with Crippen molar-refractivity contribution >= 4 is 5.91 Å². The molecule has 0 N–H and O–H groups in total. The Bertz CT molecular complexity index is 747. The van der Waals surface area contributed by atoms with Crippen LogP contribution in [-0.4, -0.2) is 52.3 Å². The molecule has 1 atom stereocenters. The summed E-state index contributed by atoms with van der Waals surface area (Å²) in [6.45, 7) is -1.37. The maximum Gasteiger partial charge on any atom is 0.406 e. The molecule has 0 spiro atoms. The van der Waals surface area contributed by atoms with Gasteiger partial charge in [-0.2, -0.15) is 18.2 Å². The highest BCUT2D eigenvalue weighted by atomic mass is 19.4. The first-order chi connectivity index (χ1) is 11.4. The van der Waals surface area contributed by atoms with Gasteiger partial charge in [0.15, 0.2) is 0 Å². The molecule has 1 aliphatic heterocycles. The van der Waals surface area contributed by atoms with Crippen molar-refractivity contribution in [1.82, 2.24) is 20.0 Å². The normalized spacial score (nSPS) is 18.2. The van der Waals surface area contributed by atoms with Crippen molar-refractivity contribution in [3.05, 3.63) is 24.2 Å². The van der Waals surface area contributed by atoms with Crippen LogP contribution in [0, 0.1) is 0 Å². The third-order valence-electron chi connectivity index (χ3n) is 3.58. The molecule has 1 amide bonds. The maximum atomic E-state index is 12.4. The number of carbonyl (C=O) groups excluding carboxylic acids is 1. The first kappa shape index (κ1) is 16.2. The summed E-state index contributed by atoms with van der Waals surface area (Å²) in [5.74, 6) is -0.370. The first-order valence-electron chi connectivity index (χ1n) is 7.04. The summed E-state index contributed by atoms with van der Waals surface area (Å²) < 4.78 is 47.5. The Morgan fingerprint density at radius 2 is 2.25 bits per heavy atom. The topological polar surface area (TPSA) is 81.4 Å². The fourth-order valence-corrected chi connectivity index (χ4v) is 2.49. The molecule has 3 heterocycles. The van der Waals surface area contributed by atoms with E-state index in [9.17, 15) is 18.0 Å². The smallest absolute Gasteiger partial charge is 0.406 e. The van der Waals surface area contributed by atoms with Crippen LogP contribution < -0.4 is 4.74 Å². The van der Waals surface area contributed by atoms with E-state index >= 15 is 0 Å². The summed E-state index contributed by atoms with van der Waals surface area (Å²) in [6.07, 6.45) is -3.01. The molecule has 24 heavy (non-hydrogen) atoms. The number of nitrogens with zero attached hydrogens (tertiary/aromatic N) is 4. The van der Waals surface area contributed by atoms with Crippen molar-refractivity contribution in [3.8, 4) is 17.3 Å². The quantitative estimate of drug-likeness (QED) is 0.845. The monoisotopic (exact) mass is 342 g/mol. The highest BCUT2D eigenvalue weighted by Gasteiger charge is 2.40. The molecule has 0 saturated carbocycles. The summed E-state index contributed by atoms with van der Waals surface area (Å²) in [7, 11) is 1.47. The van der Waals surface area contributed by atoms with E-state index in [-0.39, 0.29) is 24.7 Å². The van der Waals surface area contributed by atoms with E-state index in [4.69, 9.17) is 9.26 Å². The van der Waals surface area contributed by atoms with Crippen LogP contribution in [0.3, 0.4) is 0 Å². The van der Waals surface area contributed by atoms with Crippen LogP contribution in [-0.2, 0) is 4.79 Å². The van der Waals surface area contributed by atoms with Crippen LogP contribution >= 0.6 is 0 Å². The van der Waals surface area contributed by atoms with Crippen molar-refractivity contribution < 1.29 is 27.2 Å². The van der Waals surface area contributed by atoms with Crippen molar-refractivity contribution in [2.45, 2.75) is 18.5 Å². The SMILES string of the molecule is COc1cc(-c2noc([C@@H]3CC(=O)N(CC(F)(F)F)C3)n2)ccn1. The predicted molar refractivity (Wildman–Crippen MR) is 74.1 cm³/mol. The molecule has 0 bridgehead atoms. The van der Waals surface area contributed by atoms with E-state index in [0.717, 1.165) is 4.90 Å². The number of amides is 1. The van der Waals surface area contributed by atoms with Gasteiger partial charge in [0.2, 0.25) is 23.5 Å². The van der Waals surface area contributed by atoms with Gasteiger partial charge >= 0.3 is 6.18 Å². The number of carbonyl (C=O) groups is 1. The lowest BCUT2D eigenvalue weighted by atomic mass is 10.1. The number of hydrogen-bond donors (Lipinski definition) is 0. The molecule has 0 unspecified atom stereocenters. The standard InChI is InChI=1S/C14H13F3N4O3/c1-23-10-4-8(2-3-18-10)12-19-13(24-20-12)9-5-11(22)21(6-9)7-14(15,16)17/h2-4,9H,5-7H2,1H3/t9-/m1/s1. The Balaban J connectivity index is 1.75. The zero-order chi connectivity index (χ0) is 17.3. The largest absolute Gasteiger partial charge is 0.481 e. The molecule has 0 radical (unpaired) electrons. The second kappa shape index (κ2) is 6.10. The molecule has 1 aliphatic rings. The first-order valence-corrected chi connectivity index (χ1v) is 7.04. The Hall–Kier alpha value is -2.65. The van der Waals surface area contributed by atoms with E-state index in [2.05, 4.69) is 15.1 Å². The van der Waals surface area contributed by atoms with Crippen molar-refractivity contribution in [2.24, 2.45) is 0 Å². The number of halogens is 3. The Morgan fingerprint density at radius 1 is 1.46 bits per heavy atom. The van der Waals surface area contributed by atoms with Crippen molar-refractivity contribution in [3.63, 3.8) is 0 Å². The minimum Gasteiger partial charge on any atom is -0.481 e. The Morgan fingerprint density at radius 3 is 2.96 bits per heavy atom. The third-order valence-corrected chi connectivity index (χ3v) is 3.58. The Labute approximate surface area is 134 Å². The predicted octanol–water partition coefficient (Wildman–Crippen LogP) is 2.02. The van der Waals surface area contributed by atoms with Gasteiger partial charge in [0.1, 0.15) is 6.54 Å². The molecule has 0 aliphatic carbocycles. The zero-order valence-electron chi connectivity index (χ0n) is 12.6. The van der Waals surface area contributed by atoms with Gasteiger partial charge in [-0.1, -0.05) is 5.16 Å². The van der Waals surface area contributed by atoms with E-state index in [1.807, 2.05) is 0 Å². The van der Waals surface area contributed by atoms with Crippen LogP contribution in [0.4, 0.5) is 13.2 Å². The molecule has 10 heteroatoms. The van der Waals surface area contributed by atoms with Crippen LogP contribution in [0.2, 0.25) is 0 Å². The minimum absolute atomic E-state index is 0.0859. The molecule has 2 aromatic heterocycles. The van der Waals surface area contributed by atoms with Crippen LogP contribution in [0.1, 0.15) is 18.2 Å². The van der Waals surface area contributed by atoms with E-state index in [1.54, 1.807) is 12.1 Å². The fourth-order valence-electron chi connectivity index (χ4n) is 2.49. The molecule has 0 aromatic carbocycles. The molecule has 1 saturated heterocycles. The van der Waals surface area contributed by atoms with Crippen molar-refractivity contribution in [1.29, 1.82) is 0 Å². The molecular formula is C14H13F3N4O3. The van der Waals surface area contributed by atoms with Gasteiger partial charge in [-0.05, 0) is 6.07 Å². The molecule has 7 nitrogen and oxygen atoms in total. The summed E-state index contributed by atoms with van der Waals surface area (Å²) in [5, 5.41) is 3.81. The fraction of sp³-hybridized carbons (Fsp3) is 0.429. The number of alkyl halides is 3. The van der Waals surface area contributed by atoms with Crippen LogP contribution in [0.25, 0.3) is 11.4 Å². The lowest BCUT2D eigenvalue weighted by Crippen LogP contribution is -2.35. The number of ether oxygens (including phenoxy) is 1. The Kier molecular flexibility index (Phi) is 4.12. The average molecular weight is 342 g/mol. The summed E-state index contributed by atoms with van der Waals surface area (Å²) in [4.78, 5) is 20.6. The second-order valence-corrected chi connectivity index (χ2v) is 5.33. The van der Waals surface area contributed by atoms with E-state index < -0.39 is 24.5 Å². The minimum atomic E-state index is -4.43. The second-order valence-electron chi connectivity index (χ2n) is 5.33. The van der Waals surface area contributed by atoms with E-state index in [0.29, 0.717) is 11.4 Å². The lowest BCUT2D eigenvalue weighted by Gasteiger charge is -2.17. The number of likely N-dealkylation sites (tertiary alicyclic amines) is 1. The van der Waals surface area contributed by atoms with Gasteiger partial charge in [0.05, 0.1) is 13.0 Å². The lowest BCUT2D eigenvalue weighted by molar-refractivity contribution is -0.157. The average Bonchev–Trinajstić information content (AvgIpc) is 3.14. The molecule has 1 fully saturated rings. The molecule has 3 rings (SSSR count). The number of pyridine rings is 1. The third kappa shape index (κ3) is 3.47. The summed E-state index contributed by atoms with van der Waals surface area (Å²) in [5.41, 5.74) is 0.591. The molecular weight excluding hydrogens is 329 g/mol. The maximum absolute atomic E-state index is 12.4. The summed E-state index contributed by atoms with van der Waals surface area (Å²) in [6, 6.07) is 3.25.